The third kappa shape index (κ3) is 42.0. The molecule has 0 fully saturated rings. The van der Waals surface area contributed by atoms with E-state index in [-0.39, 0.29) is 31.1 Å². The molecule has 0 bridgehead atoms. The second-order valence-electron chi connectivity index (χ2n) is 17.3. The number of rotatable bonds is 45. The van der Waals surface area contributed by atoms with Gasteiger partial charge >= 0.3 is 17.9 Å². The minimum Gasteiger partial charge on any atom is -0.462 e. The minimum atomic E-state index is -0.760. The highest BCUT2D eigenvalue weighted by atomic mass is 16.6. The van der Waals surface area contributed by atoms with Crippen molar-refractivity contribution >= 4 is 17.9 Å². The minimum absolute atomic E-state index is 0.0633. The van der Waals surface area contributed by atoms with E-state index in [9.17, 15) is 14.4 Å². The van der Waals surface area contributed by atoms with E-state index >= 15 is 0 Å². The molecule has 2 atom stereocenters. The summed E-state index contributed by atoms with van der Waals surface area (Å²) in [6.07, 6.45) is 45.0. The molecule has 0 saturated carbocycles. The summed E-state index contributed by atoms with van der Waals surface area (Å²) in [5.74, 6) is -0.000448. The number of unbranched alkanes of at least 4 members (excludes halogenated alkanes) is 31. The van der Waals surface area contributed by atoms with Crippen LogP contribution in [0.2, 0.25) is 0 Å². The quantitative estimate of drug-likeness (QED) is 0.0347. The average Bonchev–Trinajstić information content (AvgIpc) is 3.19. The first-order valence-corrected chi connectivity index (χ1v) is 24.9. The number of esters is 3. The highest BCUT2D eigenvalue weighted by Crippen LogP contribution is 2.17. The molecule has 0 N–H and O–H groups in total. The molecule has 0 rings (SSSR count). The zero-order chi connectivity index (χ0) is 41.0. The summed E-state index contributed by atoms with van der Waals surface area (Å²) in [5.41, 5.74) is 0. The van der Waals surface area contributed by atoms with Gasteiger partial charge in [0, 0.05) is 19.3 Å². The Labute approximate surface area is 348 Å². The van der Waals surface area contributed by atoms with Crippen LogP contribution in [0.15, 0.2) is 0 Å². The number of carbonyl (C=O) groups excluding carboxylic acids is 3. The van der Waals surface area contributed by atoms with Crippen molar-refractivity contribution in [3.05, 3.63) is 0 Å². The second-order valence-corrected chi connectivity index (χ2v) is 17.3. The number of carbonyl (C=O) groups is 3. The Hall–Kier alpha value is -1.59. The standard InChI is InChI=1S/C50H96O6/c1-5-8-10-12-14-16-18-20-21-23-25-31-35-39-43-50(53)56-47(44-54-48(51)41-37-33-29-24-22-19-17-15-13-11-9-6-2)45-55-49(52)42-38-34-30-27-26-28-32-36-40-46(4)7-3/h46-47H,5-45H2,1-4H3/t46?,47-/m1/s1. The SMILES string of the molecule is CCCCCCCCCCCCCCCCC(=O)O[C@H](COC(=O)CCCCCCCCCCCCCC)COC(=O)CCCCCCCCCCC(C)CC. The predicted molar refractivity (Wildman–Crippen MR) is 238 cm³/mol. The van der Waals surface area contributed by atoms with Crippen molar-refractivity contribution in [1.82, 2.24) is 0 Å². The van der Waals surface area contributed by atoms with Gasteiger partial charge in [0.15, 0.2) is 6.10 Å². The maximum Gasteiger partial charge on any atom is 0.306 e. The molecule has 56 heavy (non-hydrogen) atoms. The zero-order valence-corrected chi connectivity index (χ0v) is 38.1. The van der Waals surface area contributed by atoms with Gasteiger partial charge in [-0.1, -0.05) is 240 Å². The summed E-state index contributed by atoms with van der Waals surface area (Å²) in [4.78, 5) is 37.8. The van der Waals surface area contributed by atoms with Gasteiger partial charge in [0.1, 0.15) is 13.2 Å². The van der Waals surface area contributed by atoms with Crippen LogP contribution < -0.4 is 0 Å². The highest BCUT2D eigenvalue weighted by molar-refractivity contribution is 5.71. The Morgan fingerprint density at radius 1 is 0.357 bits per heavy atom. The largest absolute Gasteiger partial charge is 0.462 e. The summed E-state index contributed by atoms with van der Waals surface area (Å²) in [6.45, 7) is 9.02. The molecule has 0 radical (unpaired) electrons. The molecular weight excluding hydrogens is 697 g/mol. The molecule has 0 amide bonds. The van der Waals surface area contributed by atoms with Gasteiger partial charge in [-0.3, -0.25) is 14.4 Å². The summed E-state index contributed by atoms with van der Waals surface area (Å²) in [7, 11) is 0. The molecule has 0 spiro atoms. The molecular formula is C50H96O6. The van der Waals surface area contributed by atoms with Crippen molar-refractivity contribution in [1.29, 1.82) is 0 Å². The smallest absolute Gasteiger partial charge is 0.306 e. The fourth-order valence-electron chi connectivity index (χ4n) is 7.48. The zero-order valence-electron chi connectivity index (χ0n) is 38.1. The van der Waals surface area contributed by atoms with Crippen LogP contribution in [-0.2, 0) is 28.6 Å². The van der Waals surface area contributed by atoms with Gasteiger partial charge in [-0.25, -0.2) is 0 Å². The monoisotopic (exact) mass is 793 g/mol. The van der Waals surface area contributed by atoms with Crippen LogP contribution in [0.25, 0.3) is 0 Å². The van der Waals surface area contributed by atoms with Gasteiger partial charge in [-0.05, 0) is 25.2 Å². The van der Waals surface area contributed by atoms with Gasteiger partial charge in [0.05, 0.1) is 0 Å². The Morgan fingerprint density at radius 2 is 0.625 bits per heavy atom. The lowest BCUT2D eigenvalue weighted by Crippen LogP contribution is -2.30. The molecule has 0 aliphatic heterocycles. The first kappa shape index (κ1) is 54.4. The van der Waals surface area contributed by atoms with Crippen molar-refractivity contribution in [3.63, 3.8) is 0 Å². The fraction of sp³-hybridized carbons (Fsp3) is 0.940. The Bertz CT molecular complexity index is 843. The van der Waals surface area contributed by atoms with Crippen molar-refractivity contribution in [3.8, 4) is 0 Å². The fourth-order valence-corrected chi connectivity index (χ4v) is 7.48. The lowest BCUT2D eigenvalue weighted by molar-refractivity contribution is -0.167. The maximum absolute atomic E-state index is 12.8. The van der Waals surface area contributed by atoms with Gasteiger partial charge in [0.2, 0.25) is 0 Å². The second kappa shape index (κ2) is 44.5. The van der Waals surface area contributed by atoms with Crippen LogP contribution in [-0.4, -0.2) is 37.2 Å². The molecule has 0 aromatic carbocycles. The summed E-state index contributed by atoms with van der Waals surface area (Å²) in [6, 6.07) is 0. The first-order valence-electron chi connectivity index (χ1n) is 24.9. The summed E-state index contributed by atoms with van der Waals surface area (Å²) >= 11 is 0. The van der Waals surface area contributed by atoms with Gasteiger partial charge < -0.3 is 14.2 Å². The van der Waals surface area contributed by atoms with E-state index in [2.05, 4.69) is 27.7 Å². The number of hydrogen-bond donors (Lipinski definition) is 0. The van der Waals surface area contributed by atoms with Crippen LogP contribution in [0.4, 0.5) is 0 Å². The first-order chi connectivity index (χ1) is 27.4. The molecule has 0 aromatic rings. The van der Waals surface area contributed by atoms with E-state index in [4.69, 9.17) is 14.2 Å². The number of hydrogen-bond acceptors (Lipinski definition) is 6. The molecule has 0 heterocycles. The van der Waals surface area contributed by atoms with Crippen LogP contribution in [0.5, 0.6) is 0 Å². The molecule has 6 nitrogen and oxygen atoms in total. The third-order valence-electron chi connectivity index (χ3n) is 11.7. The molecule has 0 aliphatic rings. The van der Waals surface area contributed by atoms with Crippen molar-refractivity contribution < 1.29 is 28.6 Å². The maximum atomic E-state index is 12.8. The highest BCUT2D eigenvalue weighted by Gasteiger charge is 2.19. The normalized spacial score (nSPS) is 12.4. The molecule has 0 aliphatic carbocycles. The molecule has 332 valence electrons. The molecule has 0 aromatic heterocycles. The average molecular weight is 793 g/mol. The molecule has 6 heteroatoms. The topological polar surface area (TPSA) is 78.9 Å². The lowest BCUT2D eigenvalue weighted by Gasteiger charge is -2.18. The van der Waals surface area contributed by atoms with E-state index in [1.54, 1.807) is 0 Å². The summed E-state index contributed by atoms with van der Waals surface area (Å²) in [5, 5.41) is 0. The van der Waals surface area contributed by atoms with Crippen LogP contribution >= 0.6 is 0 Å². The van der Waals surface area contributed by atoms with Crippen molar-refractivity contribution in [2.75, 3.05) is 13.2 Å². The van der Waals surface area contributed by atoms with Crippen molar-refractivity contribution in [2.45, 2.75) is 284 Å². The molecule has 1 unspecified atom stereocenters. The summed E-state index contributed by atoms with van der Waals surface area (Å²) < 4.78 is 16.8. The van der Waals surface area contributed by atoms with Gasteiger partial charge in [-0.15, -0.1) is 0 Å². The van der Waals surface area contributed by atoms with E-state index in [1.165, 1.54) is 173 Å². The Balaban J connectivity index is 4.33. The van der Waals surface area contributed by atoms with Crippen LogP contribution in [0.3, 0.4) is 0 Å². The van der Waals surface area contributed by atoms with Gasteiger partial charge in [0.25, 0.3) is 0 Å². The number of ether oxygens (including phenoxy) is 3. The van der Waals surface area contributed by atoms with E-state index in [1.807, 2.05) is 0 Å². The Morgan fingerprint density at radius 3 is 0.929 bits per heavy atom. The van der Waals surface area contributed by atoms with Crippen LogP contribution in [0, 0.1) is 5.92 Å². The van der Waals surface area contributed by atoms with Crippen LogP contribution in [0.1, 0.15) is 278 Å². The third-order valence-corrected chi connectivity index (χ3v) is 11.7. The van der Waals surface area contributed by atoms with E-state index in [0.717, 1.165) is 63.7 Å². The van der Waals surface area contributed by atoms with E-state index < -0.39 is 6.10 Å². The lowest BCUT2D eigenvalue weighted by atomic mass is 9.99. The molecule has 0 saturated heterocycles. The van der Waals surface area contributed by atoms with Gasteiger partial charge in [-0.2, -0.15) is 0 Å². The van der Waals surface area contributed by atoms with E-state index in [0.29, 0.717) is 19.3 Å². The Kier molecular flexibility index (Phi) is 43.2. The predicted octanol–water partition coefficient (Wildman–Crippen LogP) is 15.9. The van der Waals surface area contributed by atoms with Crippen molar-refractivity contribution in [2.24, 2.45) is 5.92 Å².